The number of hydrogen-bond acceptors (Lipinski definition) is 6. The van der Waals surface area contributed by atoms with Crippen molar-refractivity contribution in [1.82, 2.24) is 0 Å². The third kappa shape index (κ3) is 3.85. The molecule has 3 aliphatic rings. The van der Waals surface area contributed by atoms with E-state index in [1.54, 1.807) is 60.5 Å². The van der Waals surface area contributed by atoms with Gasteiger partial charge in [0.1, 0.15) is 11.5 Å². The molecule has 0 bridgehead atoms. The summed E-state index contributed by atoms with van der Waals surface area (Å²) in [6.45, 7) is 0.219. The average Bonchev–Trinajstić information content (AvgIpc) is 3.37. The maximum atomic E-state index is 12.7. The van der Waals surface area contributed by atoms with E-state index < -0.39 is 11.9 Å². The predicted octanol–water partition coefficient (Wildman–Crippen LogP) is 3.11. The van der Waals surface area contributed by atoms with Crippen LogP contribution in [0.1, 0.15) is 19.3 Å². The average molecular weight is 460 g/mol. The van der Waals surface area contributed by atoms with Gasteiger partial charge in [-0.1, -0.05) is 18.2 Å². The highest BCUT2D eigenvalue weighted by Crippen LogP contribution is 2.38. The Labute approximate surface area is 196 Å². The van der Waals surface area contributed by atoms with Crippen molar-refractivity contribution in [2.45, 2.75) is 19.3 Å². The zero-order valence-corrected chi connectivity index (χ0v) is 18.7. The minimum atomic E-state index is -0.601. The molecule has 0 spiro atoms. The second-order valence-electron chi connectivity index (χ2n) is 8.69. The molecule has 8 heteroatoms. The summed E-state index contributed by atoms with van der Waals surface area (Å²) in [5.41, 5.74) is 1.13. The lowest BCUT2D eigenvalue weighted by Crippen LogP contribution is -2.30. The number of rotatable bonds is 5. The molecule has 0 N–H and O–H groups in total. The molecular weight excluding hydrogens is 436 g/mol. The highest BCUT2D eigenvalue weighted by Gasteiger charge is 2.47. The van der Waals surface area contributed by atoms with Crippen LogP contribution in [0.3, 0.4) is 0 Å². The molecule has 2 saturated heterocycles. The van der Waals surface area contributed by atoms with Gasteiger partial charge >= 0.3 is 5.97 Å². The first-order chi connectivity index (χ1) is 16.5. The van der Waals surface area contributed by atoms with Crippen LogP contribution in [-0.2, 0) is 19.2 Å². The largest absolute Gasteiger partial charge is 0.497 e. The van der Waals surface area contributed by atoms with E-state index in [0.717, 1.165) is 0 Å². The van der Waals surface area contributed by atoms with Gasteiger partial charge in [0.2, 0.25) is 17.7 Å². The molecule has 0 saturated carbocycles. The van der Waals surface area contributed by atoms with E-state index >= 15 is 0 Å². The number of amides is 3. The number of methoxy groups -OCH3 is 1. The molecule has 3 amide bonds. The zero-order valence-electron chi connectivity index (χ0n) is 18.7. The lowest BCUT2D eigenvalue weighted by atomic mass is 9.85. The number of fused-ring (bicyclic) bond motifs is 1. The maximum Gasteiger partial charge on any atom is 0.316 e. The van der Waals surface area contributed by atoms with Crippen molar-refractivity contribution in [3.05, 3.63) is 60.7 Å². The fourth-order valence-electron chi connectivity index (χ4n) is 4.81. The quantitative estimate of drug-likeness (QED) is 0.295. The SMILES string of the molecule is COc1cccc(N2CC(C(=O)Oc3ccc(N4C(=O)C5CC=CCC5C4=O)cc3)CC2=O)c1. The number of ether oxygens (including phenoxy) is 2. The van der Waals surface area contributed by atoms with E-state index in [0.29, 0.717) is 35.7 Å². The summed E-state index contributed by atoms with van der Waals surface area (Å²) >= 11 is 0. The summed E-state index contributed by atoms with van der Waals surface area (Å²) in [7, 11) is 1.55. The number of allylic oxidation sites excluding steroid dienone is 2. The summed E-state index contributed by atoms with van der Waals surface area (Å²) in [5, 5.41) is 0. The van der Waals surface area contributed by atoms with Crippen LogP contribution in [-0.4, -0.2) is 37.3 Å². The number of hydrogen-bond donors (Lipinski definition) is 0. The second kappa shape index (κ2) is 8.78. The number of anilines is 2. The van der Waals surface area contributed by atoms with Gasteiger partial charge in [0.05, 0.1) is 30.6 Å². The van der Waals surface area contributed by atoms with E-state index in [2.05, 4.69) is 0 Å². The molecule has 2 heterocycles. The maximum absolute atomic E-state index is 12.7. The molecule has 34 heavy (non-hydrogen) atoms. The van der Waals surface area contributed by atoms with Crippen LogP contribution >= 0.6 is 0 Å². The molecule has 5 rings (SSSR count). The van der Waals surface area contributed by atoms with Crippen molar-refractivity contribution in [2.24, 2.45) is 17.8 Å². The number of nitrogens with zero attached hydrogens (tertiary/aromatic N) is 2. The number of carbonyl (C=O) groups is 4. The molecule has 2 aliphatic heterocycles. The Kier molecular flexibility index (Phi) is 5.65. The van der Waals surface area contributed by atoms with Gasteiger partial charge < -0.3 is 14.4 Å². The van der Waals surface area contributed by atoms with Crippen molar-refractivity contribution < 1.29 is 28.7 Å². The molecule has 8 nitrogen and oxygen atoms in total. The first-order valence-electron chi connectivity index (χ1n) is 11.2. The first kappa shape index (κ1) is 21.9. The van der Waals surface area contributed by atoms with Gasteiger partial charge in [-0.05, 0) is 49.2 Å². The topological polar surface area (TPSA) is 93.2 Å². The summed E-state index contributed by atoms with van der Waals surface area (Å²) in [6.07, 6.45) is 5.10. The number of benzene rings is 2. The molecular formula is C26H24N2O6. The third-order valence-electron chi connectivity index (χ3n) is 6.64. The van der Waals surface area contributed by atoms with Gasteiger partial charge in [0.15, 0.2) is 0 Å². The third-order valence-corrected chi connectivity index (χ3v) is 6.64. The lowest BCUT2D eigenvalue weighted by molar-refractivity contribution is -0.139. The van der Waals surface area contributed by atoms with E-state index in [1.165, 1.54) is 4.90 Å². The molecule has 1 aliphatic carbocycles. The summed E-state index contributed by atoms with van der Waals surface area (Å²) in [5.74, 6) is -1.33. The van der Waals surface area contributed by atoms with E-state index in [1.807, 2.05) is 12.2 Å². The van der Waals surface area contributed by atoms with Crippen molar-refractivity contribution in [3.8, 4) is 11.5 Å². The van der Waals surface area contributed by atoms with Crippen LogP contribution in [0.5, 0.6) is 11.5 Å². The Morgan fingerprint density at radius 3 is 2.21 bits per heavy atom. The minimum absolute atomic E-state index is 0.0573. The number of carbonyl (C=O) groups excluding carboxylic acids is 4. The number of imide groups is 1. The van der Waals surface area contributed by atoms with Crippen LogP contribution in [0.15, 0.2) is 60.7 Å². The molecule has 3 atom stereocenters. The van der Waals surface area contributed by atoms with Crippen molar-refractivity contribution >= 4 is 35.1 Å². The Balaban J connectivity index is 1.24. The molecule has 174 valence electrons. The Morgan fingerprint density at radius 2 is 1.56 bits per heavy atom. The highest BCUT2D eigenvalue weighted by atomic mass is 16.5. The predicted molar refractivity (Wildman–Crippen MR) is 123 cm³/mol. The minimum Gasteiger partial charge on any atom is -0.497 e. The summed E-state index contributed by atoms with van der Waals surface area (Å²) in [4.78, 5) is 53.5. The highest BCUT2D eigenvalue weighted by molar-refractivity contribution is 6.22. The van der Waals surface area contributed by atoms with Gasteiger partial charge in [-0.3, -0.25) is 24.1 Å². The van der Waals surface area contributed by atoms with Crippen LogP contribution in [0.25, 0.3) is 0 Å². The van der Waals surface area contributed by atoms with Crippen molar-refractivity contribution in [3.63, 3.8) is 0 Å². The van der Waals surface area contributed by atoms with Crippen LogP contribution in [0, 0.1) is 17.8 Å². The van der Waals surface area contributed by atoms with Gasteiger partial charge in [-0.2, -0.15) is 0 Å². The van der Waals surface area contributed by atoms with Crippen LogP contribution in [0.4, 0.5) is 11.4 Å². The summed E-state index contributed by atoms with van der Waals surface area (Å²) < 4.78 is 10.7. The molecule has 0 radical (unpaired) electrons. The monoisotopic (exact) mass is 460 g/mol. The number of esters is 1. The van der Waals surface area contributed by atoms with Crippen molar-refractivity contribution in [2.75, 3.05) is 23.5 Å². The molecule has 2 aromatic carbocycles. The van der Waals surface area contributed by atoms with E-state index in [-0.39, 0.29) is 42.5 Å². The first-order valence-corrected chi connectivity index (χ1v) is 11.2. The molecule has 2 aromatic rings. The zero-order chi connectivity index (χ0) is 23.8. The fraction of sp³-hybridized carbons (Fsp3) is 0.308. The Bertz CT molecular complexity index is 1160. The lowest BCUT2D eigenvalue weighted by Gasteiger charge is -2.17. The van der Waals surface area contributed by atoms with E-state index in [9.17, 15) is 19.2 Å². The van der Waals surface area contributed by atoms with Crippen LogP contribution in [0.2, 0.25) is 0 Å². The smallest absolute Gasteiger partial charge is 0.316 e. The van der Waals surface area contributed by atoms with Gasteiger partial charge in [0.25, 0.3) is 0 Å². The van der Waals surface area contributed by atoms with Gasteiger partial charge in [-0.25, -0.2) is 0 Å². The molecule has 2 fully saturated rings. The molecule has 0 aromatic heterocycles. The summed E-state index contributed by atoms with van der Waals surface area (Å²) in [6, 6.07) is 13.4. The van der Waals surface area contributed by atoms with Gasteiger partial charge in [0, 0.05) is 24.7 Å². The van der Waals surface area contributed by atoms with Crippen molar-refractivity contribution in [1.29, 1.82) is 0 Å². The Hall–Kier alpha value is -3.94. The van der Waals surface area contributed by atoms with E-state index in [4.69, 9.17) is 9.47 Å². The second-order valence-corrected chi connectivity index (χ2v) is 8.69. The van der Waals surface area contributed by atoms with Crippen LogP contribution < -0.4 is 19.3 Å². The fourth-order valence-corrected chi connectivity index (χ4v) is 4.81. The standard InChI is InChI=1S/C26H24N2O6/c1-33-20-6-4-5-18(14-20)27-15-16(13-23(27)29)26(32)34-19-11-9-17(10-12-19)28-24(30)21-7-2-3-8-22(21)25(28)31/h2-6,9-12,14,16,21-22H,7-8,13,15H2,1H3. The van der Waals surface area contributed by atoms with Gasteiger partial charge in [-0.15, -0.1) is 0 Å². The normalized spacial score (nSPS) is 23.9. The molecule has 3 unspecified atom stereocenters. The Morgan fingerprint density at radius 1 is 0.882 bits per heavy atom.